The first-order valence-electron chi connectivity index (χ1n) is 27.0. The van der Waals surface area contributed by atoms with Gasteiger partial charge < -0.3 is 9.47 Å². The van der Waals surface area contributed by atoms with E-state index in [-0.39, 0.29) is 0 Å². The van der Waals surface area contributed by atoms with Crippen molar-refractivity contribution in [1.82, 2.24) is 4.57 Å². The highest BCUT2D eigenvalue weighted by Crippen LogP contribution is 2.63. The largest absolute Gasteiger partial charge is 0.310 e. The predicted molar refractivity (Wildman–Crippen MR) is 313 cm³/mol. The van der Waals surface area contributed by atoms with Gasteiger partial charge in [-0.05, 0) is 169 Å². The summed E-state index contributed by atoms with van der Waals surface area (Å²) in [5.74, 6) is 0.715. The van der Waals surface area contributed by atoms with Crippen LogP contribution in [0, 0.1) is 11.8 Å². The van der Waals surface area contributed by atoms with Crippen LogP contribution in [0.5, 0.6) is 0 Å². The summed E-state index contributed by atoms with van der Waals surface area (Å²) in [5, 5.41) is 2.48. The summed E-state index contributed by atoms with van der Waals surface area (Å²) < 4.78 is 2.48. The molecular weight excluding hydrogens is 905 g/mol. The van der Waals surface area contributed by atoms with Gasteiger partial charge in [-0.2, -0.15) is 0 Å². The number of anilines is 3. The van der Waals surface area contributed by atoms with E-state index in [2.05, 4.69) is 264 Å². The molecule has 7 aliphatic rings. The van der Waals surface area contributed by atoms with Gasteiger partial charge in [-0.15, -0.1) is 0 Å². The lowest BCUT2D eigenvalue weighted by atomic mass is 9.70. The molecule has 2 atom stereocenters. The van der Waals surface area contributed by atoms with Crippen molar-refractivity contribution in [3.63, 3.8) is 0 Å². The summed E-state index contributed by atoms with van der Waals surface area (Å²) in [4.78, 5) is 2.56. The minimum absolute atomic E-state index is 0.329. The molecule has 9 aromatic rings. The van der Waals surface area contributed by atoms with Crippen LogP contribution < -0.4 is 4.90 Å². The summed E-state index contributed by atoms with van der Waals surface area (Å²) >= 11 is 0. The van der Waals surface area contributed by atoms with Gasteiger partial charge in [0.15, 0.2) is 0 Å². The van der Waals surface area contributed by atoms with Crippen LogP contribution in [-0.4, -0.2) is 4.57 Å². The van der Waals surface area contributed by atoms with E-state index in [1.807, 2.05) is 0 Å². The SMILES string of the molecule is C1=CCCC(/C(C2=CCCC=C2)=C2/c3ccccc3-c3ccc(N(c4ccc5c(c4)C4(c6ccccc6-c6ccccc64)c4ccccc4-5)c4ccc5c(c4)c4ccccc4n5C4=CC5C=CC=CC5C=C4)cc32)=C1. The van der Waals surface area contributed by atoms with Crippen LogP contribution in [0.15, 0.2) is 272 Å². The Morgan fingerprint density at radius 1 is 0.453 bits per heavy atom. The van der Waals surface area contributed by atoms with Crippen molar-refractivity contribution >= 4 is 50.1 Å². The van der Waals surface area contributed by atoms with Gasteiger partial charge in [0.1, 0.15) is 0 Å². The van der Waals surface area contributed by atoms with Gasteiger partial charge in [0, 0.05) is 45.4 Å². The van der Waals surface area contributed by atoms with Gasteiger partial charge in [0.2, 0.25) is 0 Å². The number of allylic oxidation sites excluding steroid dienone is 17. The summed E-state index contributed by atoms with van der Waals surface area (Å²) in [6.07, 6.45) is 34.5. The van der Waals surface area contributed by atoms with E-state index in [0.717, 1.165) is 42.7 Å². The molecule has 2 nitrogen and oxygen atoms in total. The Bertz CT molecular complexity index is 4200. The Kier molecular flexibility index (Phi) is 9.36. The number of nitrogens with zero attached hydrogens (tertiary/aromatic N) is 2. The third-order valence-corrected chi connectivity index (χ3v) is 17.4. The molecule has 7 aliphatic carbocycles. The van der Waals surface area contributed by atoms with Crippen LogP contribution in [0.4, 0.5) is 17.1 Å². The molecule has 0 aliphatic heterocycles. The molecule has 354 valence electrons. The van der Waals surface area contributed by atoms with Crippen LogP contribution in [0.2, 0.25) is 0 Å². The second-order valence-electron chi connectivity index (χ2n) is 21.2. The quantitative estimate of drug-likeness (QED) is 0.161. The maximum absolute atomic E-state index is 2.56. The van der Waals surface area contributed by atoms with Gasteiger partial charge in [-0.1, -0.05) is 200 Å². The molecule has 1 aromatic heterocycles. The molecule has 16 rings (SSSR count). The first-order chi connectivity index (χ1) is 37.2. The maximum Gasteiger partial charge on any atom is 0.0726 e. The first-order valence-corrected chi connectivity index (χ1v) is 27.0. The minimum Gasteiger partial charge on any atom is -0.310 e. The molecule has 0 N–H and O–H groups in total. The number of fused-ring (bicyclic) bond motifs is 17. The normalized spacial score (nSPS) is 19.2. The molecule has 0 fully saturated rings. The Labute approximate surface area is 438 Å². The molecule has 1 heterocycles. The second kappa shape index (κ2) is 16.5. The molecule has 0 radical (unpaired) electrons. The number of hydrogen-bond acceptors (Lipinski definition) is 1. The molecule has 1 spiro atoms. The van der Waals surface area contributed by atoms with Gasteiger partial charge in [-0.25, -0.2) is 0 Å². The number of benzene rings is 8. The van der Waals surface area contributed by atoms with Crippen LogP contribution >= 0.6 is 0 Å². The van der Waals surface area contributed by atoms with Crippen LogP contribution in [0.1, 0.15) is 59.1 Å². The van der Waals surface area contributed by atoms with Crippen molar-refractivity contribution < 1.29 is 0 Å². The molecule has 0 amide bonds. The average Bonchev–Trinajstić information content (AvgIpc) is 4.26. The highest BCUT2D eigenvalue weighted by atomic mass is 15.1. The Hall–Kier alpha value is -8.98. The van der Waals surface area contributed by atoms with E-state index < -0.39 is 5.41 Å². The Morgan fingerprint density at radius 2 is 1.07 bits per heavy atom. The number of para-hydroxylation sites is 1. The lowest BCUT2D eigenvalue weighted by Gasteiger charge is -2.32. The standard InChI is InChI=1S/C73H52N2/c1-3-20-48(21-4-1)71(49-22-5-2-6-23-49)72-62-30-10-9-25-55(62)56-40-37-52(45-64(56)72)74(53-39-42-70-63(44-53)61-29-14-18-34-69(61)75(70)51-36-35-47-19-7-8-24-50(47)43-51)54-38-41-60-59-28-13-17-33-67(59)73(68(60)46-54)65-31-15-11-26-57(65)58-27-12-16-32-66(58)73/h1,3,5,7-20,22-47,50H,2,4,6,21H2/b72-71+. The van der Waals surface area contributed by atoms with Gasteiger partial charge in [0.05, 0.1) is 16.4 Å². The van der Waals surface area contributed by atoms with Crippen molar-refractivity contribution in [3.8, 4) is 33.4 Å². The van der Waals surface area contributed by atoms with Crippen molar-refractivity contribution in [3.05, 3.63) is 305 Å². The second-order valence-corrected chi connectivity index (χ2v) is 21.2. The fourth-order valence-corrected chi connectivity index (χ4v) is 14.2. The number of rotatable bonds is 6. The fraction of sp³-hybridized carbons (Fsp3) is 0.0959. The lowest BCUT2D eigenvalue weighted by Crippen LogP contribution is -2.26. The zero-order valence-electron chi connectivity index (χ0n) is 41.6. The summed E-state index contributed by atoms with van der Waals surface area (Å²) in [5.41, 5.74) is 27.8. The molecule has 8 aromatic carbocycles. The molecule has 75 heavy (non-hydrogen) atoms. The smallest absolute Gasteiger partial charge is 0.0726 e. The zero-order chi connectivity index (χ0) is 49.2. The average molecular weight is 957 g/mol. The van der Waals surface area contributed by atoms with E-state index in [4.69, 9.17) is 0 Å². The number of aromatic nitrogens is 1. The third-order valence-electron chi connectivity index (χ3n) is 17.4. The highest BCUT2D eigenvalue weighted by Gasteiger charge is 2.51. The molecule has 2 unspecified atom stereocenters. The van der Waals surface area contributed by atoms with Gasteiger partial charge in [-0.3, -0.25) is 0 Å². The molecule has 2 heteroatoms. The predicted octanol–water partition coefficient (Wildman–Crippen LogP) is 18.7. The fourth-order valence-electron chi connectivity index (χ4n) is 14.2. The van der Waals surface area contributed by atoms with Crippen molar-refractivity contribution in [2.75, 3.05) is 4.90 Å². The van der Waals surface area contributed by atoms with E-state index in [0.29, 0.717) is 11.8 Å². The van der Waals surface area contributed by atoms with E-state index in [1.54, 1.807) is 0 Å². The third kappa shape index (κ3) is 6.14. The van der Waals surface area contributed by atoms with E-state index >= 15 is 0 Å². The summed E-state index contributed by atoms with van der Waals surface area (Å²) in [7, 11) is 0. The van der Waals surface area contributed by atoms with Gasteiger partial charge in [0.25, 0.3) is 0 Å². The van der Waals surface area contributed by atoms with Crippen LogP contribution in [0.25, 0.3) is 66.5 Å². The van der Waals surface area contributed by atoms with Crippen LogP contribution in [0.3, 0.4) is 0 Å². The first kappa shape index (κ1) is 42.5. The van der Waals surface area contributed by atoms with Gasteiger partial charge >= 0.3 is 0 Å². The zero-order valence-corrected chi connectivity index (χ0v) is 41.6. The highest BCUT2D eigenvalue weighted by molar-refractivity contribution is 6.12. The topological polar surface area (TPSA) is 8.17 Å². The Balaban J connectivity index is 0.959. The molecular formula is C73H52N2. The van der Waals surface area contributed by atoms with Crippen molar-refractivity contribution in [2.45, 2.75) is 31.1 Å². The molecule has 0 saturated carbocycles. The van der Waals surface area contributed by atoms with E-state index in [9.17, 15) is 0 Å². The molecule has 0 saturated heterocycles. The molecule has 0 bridgehead atoms. The van der Waals surface area contributed by atoms with Crippen molar-refractivity contribution in [2.24, 2.45) is 11.8 Å². The monoisotopic (exact) mass is 956 g/mol. The van der Waals surface area contributed by atoms with Crippen LogP contribution in [-0.2, 0) is 5.41 Å². The minimum atomic E-state index is -0.477. The van der Waals surface area contributed by atoms with Crippen molar-refractivity contribution in [1.29, 1.82) is 0 Å². The summed E-state index contributed by atoms with van der Waals surface area (Å²) in [6.45, 7) is 0. The lowest BCUT2D eigenvalue weighted by molar-refractivity contribution is 0.659. The maximum atomic E-state index is 2.56. The van der Waals surface area contributed by atoms with E-state index in [1.165, 1.54) is 117 Å². The Morgan fingerprint density at radius 3 is 1.80 bits per heavy atom. The number of hydrogen-bond donors (Lipinski definition) is 0. The summed E-state index contributed by atoms with van der Waals surface area (Å²) in [6, 6.07) is 67.4.